The van der Waals surface area contributed by atoms with Crippen LogP contribution in [0, 0.1) is 12.8 Å². The van der Waals surface area contributed by atoms with Gasteiger partial charge in [0.25, 0.3) is 5.91 Å². The summed E-state index contributed by atoms with van der Waals surface area (Å²) in [6.07, 6.45) is 0. The fraction of sp³-hybridized carbons (Fsp3) is 0.286. The third kappa shape index (κ3) is 7.14. The van der Waals surface area contributed by atoms with Crippen molar-refractivity contribution in [1.82, 2.24) is 5.32 Å². The molecule has 0 aliphatic heterocycles. The van der Waals surface area contributed by atoms with Crippen molar-refractivity contribution in [2.75, 3.05) is 17.2 Å². The van der Waals surface area contributed by atoms with Crippen LogP contribution >= 0.6 is 28.1 Å². The molecule has 29 heavy (non-hydrogen) atoms. The minimum atomic E-state index is -0.378. The number of thiocarbonyl (C=S) groups is 1. The van der Waals surface area contributed by atoms with Crippen molar-refractivity contribution >= 4 is 56.4 Å². The van der Waals surface area contributed by atoms with Gasteiger partial charge in [-0.15, -0.1) is 0 Å². The van der Waals surface area contributed by atoms with Crippen molar-refractivity contribution in [1.29, 1.82) is 0 Å². The van der Waals surface area contributed by atoms with E-state index in [1.54, 1.807) is 18.2 Å². The van der Waals surface area contributed by atoms with Crippen LogP contribution in [-0.2, 0) is 4.79 Å². The van der Waals surface area contributed by atoms with Gasteiger partial charge in [0.15, 0.2) is 5.11 Å². The summed E-state index contributed by atoms with van der Waals surface area (Å²) in [5, 5.41) is 8.53. The highest BCUT2D eigenvalue weighted by Gasteiger charge is 2.15. The largest absolute Gasteiger partial charge is 0.492 e. The molecule has 0 aliphatic carbocycles. The molecule has 154 valence electrons. The summed E-state index contributed by atoms with van der Waals surface area (Å²) < 4.78 is 6.52. The van der Waals surface area contributed by atoms with Crippen molar-refractivity contribution in [3.63, 3.8) is 0 Å². The number of halogens is 1. The summed E-state index contributed by atoms with van der Waals surface area (Å²) in [5.74, 6) is 0.281. The van der Waals surface area contributed by atoms with Crippen LogP contribution in [0.15, 0.2) is 40.9 Å². The zero-order valence-electron chi connectivity index (χ0n) is 16.8. The van der Waals surface area contributed by atoms with E-state index in [0.717, 1.165) is 10.0 Å². The second kappa shape index (κ2) is 10.4. The van der Waals surface area contributed by atoms with E-state index in [0.29, 0.717) is 35.2 Å². The fourth-order valence-electron chi connectivity index (χ4n) is 2.42. The smallest absolute Gasteiger partial charge is 0.261 e. The summed E-state index contributed by atoms with van der Waals surface area (Å²) in [5.41, 5.74) is 2.62. The number of carbonyl (C=O) groups is 2. The number of carbonyl (C=O) groups excluding carboxylic acids is 2. The van der Waals surface area contributed by atoms with Crippen molar-refractivity contribution < 1.29 is 14.3 Å². The third-order valence-corrected chi connectivity index (χ3v) is 4.49. The number of benzene rings is 2. The average molecular weight is 478 g/mol. The molecule has 0 saturated heterocycles. The monoisotopic (exact) mass is 477 g/mol. The predicted octanol–water partition coefficient (Wildman–Crippen LogP) is 4.88. The third-order valence-electron chi connectivity index (χ3n) is 3.79. The summed E-state index contributed by atoms with van der Waals surface area (Å²) in [4.78, 5) is 24.1. The second-order valence-electron chi connectivity index (χ2n) is 6.96. The van der Waals surface area contributed by atoms with E-state index in [2.05, 4.69) is 31.9 Å². The topological polar surface area (TPSA) is 79.5 Å². The Morgan fingerprint density at radius 3 is 2.52 bits per heavy atom. The van der Waals surface area contributed by atoms with E-state index < -0.39 is 0 Å². The van der Waals surface area contributed by atoms with Gasteiger partial charge in [0.2, 0.25) is 5.91 Å². The molecule has 0 bridgehead atoms. The molecule has 8 heteroatoms. The number of nitrogens with one attached hydrogen (secondary N) is 3. The normalized spacial score (nSPS) is 10.4. The Balaban J connectivity index is 2.10. The predicted molar refractivity (Wildman–Crippen MR) is 124 cm³/mol. The van der Waals surface area contributed by atoms with Crippen LogP contribution < -0.4 is 20.7 Å². The van der Waals surface area contributed by atoms with Crippen molar-refractivity contribution in [3.05, 3.63) is 52.0 Å². The summed E-state index contributed by atoms with van der Waals surface area (Å²) in [7, 11) is 0. The number of amides is 2. The van der Waals surface area contributed by atoms with Gasteiger partial charge in [-0.2, -0.15) is 0 Å². The van der Waals surface area contributed by atoms with E-state index in [9.17, 15) is 9.59 Å². The lowest BCUT2D eigenvalue weighted by molar-refractivity contribution is -0.114. The first kappa shape index (κ1) is 22.8. The summed E-state index contributed by atoms with van der Waals surface area (Å²) in [6, 6.07) is 10.7. The van der Waals surface area contributed by atoms with Crippen LogP contribution in [-0.4, -0.2) is 23.5 Å². The Kier molecular flexibility index (Phi) is 8.16. The quantitative estimate of drug-likeness (QED) is 0.516. The fourth-order valence-corrected chi connectivity index (χ4v) is 2.99. The maximum absolute atomic E-state index is 12.7. The number of aryl methyl sites for hydroxylation is 1. The Bertz CT molecular complexity index is 931. The van der Waals surface area contributed by atoms with E-state index in [1.807, 2.05) is 39.0 Å². The van der Waals surface area contributed by atoms with Crippen molar-refractivity contribution in [3.8, 4) is 5.75 Å². The molecule has 3 N–H and O–H groups in total. The summed E-state index contributed by atoms with van der Waals surface area (Å²) >= 11 is 8.66. The van der Waals surface area contributed by atoms with E-state index in [1.165, 1.54) is 6.92 Å². The van der Waals surface area contributed by atoms with Gasteiger partial charge >= 0.3 is 0 Å². The lowest BCUT2D eigenvalue weighted by atomic mass is 10.1. The molecule has 0 unspecified atom stereocenters. The van der Waals surface area contributed by atoms with Crippen molar-refractivity contribution in [2.45, 2.75) is 27.7 Å². The number of anilines is 2. The second-order valence-corrected chi connectivity index (χ2v) is 8.29. The van der Waals surface area contributed by atoms with E-state index >= 15 is 0 Å². The SMILES string of the molecule is CC(=O)Nc1cc(NC(=S)NC(=O)c2cc(Br)ccc2OCC(C)C)ccc1C. The molecule has 0 heterocycles. The van der Waals surface area contributed by atoms with Gasteiger partial charge in [-0.25, -0.2) is 0 Å². The molecule has 0 fully saturated rings. The minimum Gasteiger partial charge on any atom is -0.492 e. The molecule has 2 aromatic rings. The molecule has 0 saturated carbocycles. The van der Waals surface area contributed by atoms with E-state index in [4.69, 9.17) is 17.0 Å². The zero-order chi connectivity index (χ0) is 21.6. The number of hydrogen-bond donors (Lipinski definition) is 3. The molecule has 0 aromatic heterocycles. The first-order valence-corrected chi connectivity index (χ1v) is 10.3. The highest BCUT2D eigenvalue weighted by atomic mass is 79.9. The van der Waals surface area contributed by atoms with E-state index in [-0.39, 0.29) is 16.9 Å². The Morgan fingerprint density at radius 2 is 1.86 bits per heavy atom. The Labute approximate surface area is 184 Å². The molecule has 0 spiro atoms. The highest BCUT2D eigenvalue weighted by molar-refractivity contribution is 9.10. The summed E-state index contributed by atoms with van der Waals surface area (Å²) in [6.45, 7) is 7.91. The maximum atomic E-state index is 12.7. The van der Waals surface area contributed by atoms with Crippen LogP contribution in [0.5, 0.6) is 5.75 Å². The van der Waals surface area contributed by atoms with Gasteiger partial charge in [-0.3, -0.25) is 14.9 Å². The standard InChI is InChI=1S/C21H24BrN3O3S/c1-12(2)11-28-19-8-6-15(22)9-17(19)20(27)25-21(29)24-16-7-5-13(3)18(10-16)23-14(4)26/h5-10,12H,11H2,1-4H3,(H,23,26)(H2,24,25,27,29). The molecular formula is C21H24BrN3O3S. The first-order chi connectivity index (χ1) is 13.7. The van der Waals surface area contributed by atoms with Crippen LogP contribution in [0.25, 0.3) is 0 Å². The van der Waals surface area contributed by atoms with Gasteiger partial charge in [0.1, 0.15) is 5.75 Å². The van der Waals surface area contributed by atoms with Gasteiger partial charge < -0.3 is 15.4 Å². The van der Waals surface area contributed by atoms with Gasteiger partial charge in [-0.1, -0.05) is 35.8 Å². The maximum Gasteiger partial charge on any atom is 0.261 e. The molecule has 0 aliphatic rings. The zero-order valence-corrected chi connectivity index (χ0v) is 19.2. The molecular weight excluding hydrogens is 454 g/mol. The van der Waals surface area contributed by atoms with Crippen LogP contribution in [0.4, 0.5) is 11.4 Å². The van der Waals surface area contributed by atoms with Gasteiger partial charge in [0.05, 0.1) is 12.2 Å². The van der Waals surface area contributed by atoms with Crippen LogP contribution in [0.2, 0.25) is 0 Å². The highest BCUT2D eigenvalue weighted by Crippen LogP contribution is 2.24. The minimum absolute atomic E-state index is 0.141. The van der Waals surface area contributed by atoms with Gasteiger partial charge in [0, 0.05) is 22.8 Å². The molecule has 2 amide bonds. The van der Waals surface area contributed by atoms with Crippen molar-refractivity contribution in [2.24, 2.45) is 5.92 Å². The number of ether oxygens (including phenoxy) is 1. The van der Waals surface area contributed by atoms with Crippen LogP contribution in [0.3, 0.4) is 0 Å². The molecule has 6 nitrogen and oxygen atoms in total. The number of hydrogen-bond acceptors (Lipinski definition) is 4. The Morgan fingerprint density at radius 1 is 1.14 bits per heavy atom. The first-order valence-electron chi connectivity index (χ1n) is 9.08. The average Bonchev–Trinajstić information content (AvgIpc) is 2.62. The lowest BCUT2D eigenvalue weighted by Crippen LogP contribution is -2.34. The molecule has 2 rings (SSSR count). The van der Waals surface area contributed by atoms with Gasteiger partial charge in [-0.05, 0) is 61.0 Å². The molecule has 0 atom stereocenters. The number of rotatable bonds is 6. The molecule has 0 radical (unpaired) electrons. The molecule has 2 aromatic carbocycles. The van der Waals surface area contributed by atoms with Crippen LogP contribution in [0.1, 0.15) is 36.7 Å². The lowest BCUT2D eigenvalue weighted by Gasteiger charge is -2.15. The Hall–Kier alpha value is -2.45.